The predicted octanol–water partition coefficient (Wildman–Crippen LogP) is 4.20. The van der Waals surface area contributed by atoms with Crippen LogP contribution in [0.1, 0.15) is 48.5 Å². The molecule has 0 bridgehead atoms. The summed E-state index contributed by atoms with van der Waals surface area (Å²) in [6.07, 6.45) is 9.77. The number of aromatic nitrogens is 3. The van der Waals surface area contributed by atoms with E-state index in [0.717, 1.165) is 16.7 Å². The van der Waals surface area contributed by atoms with Crippen LogP contribution in [-0.4, -0.2) is 27.6 Å². The Morgan fingerprint density at radius 2 is 2.00 bits per heavy atom. The second kappa shape index (κ2) is 7.15. The summed E-state index contributed by atoms with van der Waals surface area (Å²) in [7, 11) is 1.55. The van der Waals surface area contributed by atoms with Gasteiger partial charge in [0, 0.05) is 24.0 Å². The van der Waals surface area contributed by atoms with E-state index in [-0.39, 0.29) is 5.91 Å². The van der Waals surface area contributed by atoms with E-state index in [1.165, 1.54) is 38.3 Å². The molecule has 4 rings (SSSR count). The smallest absolute Gasteiger partial charge is 0.257 e. The number of benzene rings is 1. The highest BCUT2D eigenvalue weighted by Gasteiger charge is 2.17. The maximum Gasteiger partial charge on any atom is 0.257 e. The van der Waals surface area contributed by atoms with E-state index in [0.29, 0.717) is 17.5 Å². The van der Waals surface area contributed by atoms with Crippen LogP contribution in [0.2, 0.25) is 0 Å². The van der Waals surface area contributed by atoms with Crippen LogP contribution in [0.4, 0.5) is 5.69 Å². The number of carbonyl (C=O) groups is 1. The second-order valence-corrected chi connectivity index (χ2v) is 6.69. The number of amides is 1. The van der Waals surface area contributed by atoms with Crippen LogP contribution >= 0.6 is 0 Å². The Kier molecular flexibility index (Phi) is 4.56. The summed E-state index contributed by atoms with van der Waals surface area (Å²) in [5, 5.41) is 2.91. The third-order valence-corrected chi connectivity index (χ3v) is 5.01. The number of methoxy groups -OCH3 is 1. The van der Waals surface area contributed by atoms with E-state index in [2.05, 4.69) is 19.9 Å². The third-order valence-electron chi connectivity index (χ3n) is 5.01. The lowest BCUT2D eigenvalue weighted by atomic mass is 9.95. The number of ether oxygens (including phenoxy) is 1. The van der Waals surface area contributed by atoms with E-state index in [4.69, 9.17) is 4.74 Å². The second-order valence-electron chi connectivity index (χ2n) is 6.69. The lowest BCUT2D eigenvalue weighted by Crippen LogP contribution is -2.13. The van der Waals surface area contributed by atoms with Crippen molar-refractivity contribution in [3.8, 4) is 5.88 Å². The maximum atomic E-state index is 12.4. The standard InChI is InChI=1S/C20H22N4O2/c1-26-19-10-7-14(12-21-19)20(25)23-15-8-9-18-17(11-15)22-13-24(18)16-5-3-2-4-6-16/h7-13,16H,2-6H2,1H3,(H,23,25). The van der Waals surface area contributed by atoms with E-state index >= 15 is 0 Å². The molecule has 0 aliphatic heterocycles. The van der Waals surface area contributed by atoms with Crippen molar-refractivity contribution >= 4 is 22.6 Å². The summed E-state index contributed by atoms with van der Waals surface area (Å²) < 4.78 is 7.30. The Morgan fingerprint density at radius 3 is 2.73 bits per heavy atom. The van der Waals surface area contributed by atoms with Gasteiger partial charge in [0.15, 0.2) is 0 Å². The largest absolute Gasteiger partial charge is 0.481 e. The predicted molar refractivity (Wildman–Crippen MR) is 101 cm³/mol. The van der Waals surface area contributed by atoms with E-state index in [9.17, 15) is 4.79 Å². The average molecular weight is 350 g/mol. The van der Waals surface area contributed by atoms with Crippen molar-refractivity contribution in [3.05, 3.63) is 48.4 Å². The normalized spacial score (nSPS) is 15.1. The first-order chi connectivity index (χ1) is 12.7. The molecular formula is C20H22N4O2. The fourth-order valence-electron chi connectivity index (χ4n) is 3.60. The molecule has 6 heteroatoms. The Labute approximate surface area is 152 Å². The van der Waals surface area contributed by atoms with Crippen LogP contribution in [0, 0.1) is 0 Å². The van der Waals surface area contributed by atoms with E-state index < -0.39 is 0 Å². The molecule has 3 aromatic rings. The lowest BCUT2D eigenvalue weighted by molar-refractivity contribution is 0.102. The first kappa shape index (κ1) is 16.6. The van der Waals surface area contributed by atoms with Gasteiger partial charge in [0.1, 0.15) is 0 Å². The van der Waals surface area contributed by atoms with Crippen molar-refractivity contribution in [1.82, 2.24) is 14.5 Å². The van der Waals surface area contributed by atoms with Gasteiger partial charge in [-0.1, -0.05) is 19.3 Å². The molecule has 0 atom stereocenters. The van der Waals surface area contributed by atoms with Crippen LogP contribution in [0.5, 0.6) is 5.88 Å². The highest BCUT2D eigenvalue weighted by Crippen LogP contribution is 2.31. The van der Waals surface area contributed by atoms with Crippen molar-refractivity contribution in [2.24, 2.45) is 0 Å². The summed E-state index contributed by atoms with van der Waals surface area (Å²) in [6, 6.07) is 9.79. The van der Waals surface area contributed by atoms with Crippen LogP contribution in [0.15, 0.2) is 42.9 Å². The van der Waals surface area contributed by atoms with Gasteiger partial charge >= 0.3 is 0 Å². The zero-order valence-electron chi connectivity index (χ0n) is 14.8. The minimum absolute atomic E-state index is 0.203. The maximum absolute atomic E-state index is 12.4. The molecule has 0 spiro atoms. The molecule has 6 nitrogen and oxygen atoms in total. The number of carbonyl (C=O) groups excluding carboxylic acids is 1. The molecule has 1 aromatic carbocycles. The molecule has 1 fully saturated rings. The van der Waals surface area contributed by atoms with Crippen LogP contribution < -0.4 is 10.1 Å². The summed E-state index contributed by atoms with van der Waals surface area (Å²) >= 11 is 0. The van der Waals surface area contributed by atoms with Crippen molar-refractivity contribution in [2.45, 2.75) is 38.1 Å². The van der Waals surface area contributed by atoms with Gasteiger partial charge in [0.2, 0.25) is 5.88 Å². The van der Waals surface area contributed by atoms with Crippen LogP contribution in [0.25, 0.3) is 11.0 Å². The van der Waals surface area contributed by atoms with Crippen LogP contribution in [0.3, 0.4) is 0 Å². The van der Waals surface area contributed by atoms with Crippen molar-refractivity contribution < 1.29 is 9.53 Å². The van der Waals surface area contributed by atoms with Crippen molar-refractivity contribution in [3.63, 3.8) is 0 Å². The van der Waals surface area contributed by atoms with E-state index in [1.54, 1.807) is 19.2 Å². The summed E-state index contributed by atoms with van der Waals surface area (Å²) in [4.78, 5) is 21.0. The first-order valence-electron chi connectivity index (χ1n) is 9.02. The lowest BCUT2D eigenvalue weighted by Gasteiger charge is -2.23. The molecule has 1 saturated carbocycles. The topological polar surface area (TPSA) is 69.0 Å². The molecule has 1 aliphatic rings. The number of hydrogen-bond donors (Lipinski definition) is 1. The Balaban J connectivity index is 1.52. The number of hydrogen-bond acceptors (Lipinski definition) is 4. The molecule has 1 aliphatic carbocycles. The van der Waals surface area contributed by atoms with Gasteiger partial charge in [0.25, 0.3) is 5.91 Å². The highest BCUT2D eigenvalue weighted by atomic mass is 16.5. The van der Waals surface area contributed by atoms with Gasteiger partial charge in [-0.15, -0.1) is 0 Å². The summed E-state index contributed by atoms with van der Waals surface area (Å²) in [6.45, 7) is 0. The van der Waals surface area contributed by atoms with Gasteiger partial charge in [-0.3, -0.25) is 4.79 Å². The Morgan fingerprint density at radius 1 is 1.15 bits per heavy atom. The highest BCUT2D eigenvalue weighted by molar-refractivity contribution is 6.04. The zero-order chi connectivity index (χ0) is 17.9. The molecule has 26 heavy (non-hydrogen) atoms. The summed E-state index contributed by atoms with van der Waals surface area (Å²) in [5.41, 5.74) is 3.24. The monoisotopic (exact) mass is 350 g/mol. The van der Waals surface area contributed by atoms with Crippen LogP contribution in [-0.2, 0) is 0 Å². The third kappa shape index (κ3) is 3.27. The van der Waals surface area contributed by atoms with Gasteiger partial charge in [0.05, 0.1) is 30.0 Å². The molecule has 0 saturated heterocycles. The molecular weight excluding hydrogens is 328 g/mol. The van der Waals surface area contributed by atoms with E-state index in [1.807, 2.05) is 24.5 Å². The molecule has 134 valence electrons. The molecule has 2 heterocycles. The number of nitrogens with one attached hydrogen (secondary N) is 1. The number of fused-ring (bicyclic) bond motifs is 1. The SMILES string of the molecule is COc1ccc(C(=O)Nc2ccc3c(c2)ncn3C2CCCCC2)cn1. The zero-order valence-corrected chi connectivity index (χ0v) is 14.8. The number of imidazole rings is 1. The molecule has 1 amide bonds. The van der Waals surface area contributed by atoms with Crippen molar-refractivity contribution in [1.29, 1.82) is 0 Å². The quantitative estimate of drug-likeness (QED) is 0.766. The van der Waals surface area contributed by atoms with Gasteiger partial charge < -0.3 is 14.6 Å². The number of nitrogens with zero attached hydrogens (tertiary/aromatic N) is 3. The minimum atomic E-state index is -0.203. The van der Waals surface area contributed by atoms with Gasteiger partial charge in [-0.2, -0.15) is 0 Å². The Hall–Kier alpha value is -2.89. The van der Waals surface area contributed by atoms with Gasteiger partial charge in [-0.05, 0) is 37.1 Å². The van der Waals surface area contributed by atoms with Crippen molar-refractivity contribution in [2.75, 3.05) is 12.4 Å². The molecule has 0 radical (unpaired) electrons. The molecule has 1 N–H and O–H groups in total. The Bertz CT molecular complexity index is 911. The number of anilines is 1. The fraction of sp³-hybridized carbons (Fsp3) is 0.350. The summed E-state index contributed by atoms with van der Waals surface area (Å²) in [5.74, 6) is 0.280. The fourth-order valence-corrected chi connectivity index (χ4v) is 3.60. The first-order valence-corrected chi connectivity index (χ1v) is 9.02. The molecule has 2 aromatic heterocycles. The minimum Gasteiger partial charge on any atom is -0.481 e. The number of rotatable bonds is 4. The number of pyridine rings is 1. The molecule has 0 unspecified atom stereocenters. The van der Waals surface area contributed by atoms with Gasteiger partial charge in [-0.25, -0.2) is 9.97 Å². The average Bonchev–Trinajstić information content (AvgIpc) is 3.12.